The highest BCUT2D eigenvalue weighted by molar-refractivity contribution is 6.21. The fraction of sp³-hybridized carbons (Fsp3) is 0.267. The molecule has 37 heavy (non-hydrogen) atoms. The lowest BCUT2D eigenvalue weighted by molar-refractivity contribution is -0.123. The SMILES string of the molecule is O=C1c2ccccc2C(=O)N1CCC(=O)N1c2ccccc2N(Cc2ccccc2)C(=O)C2CCCC21. The van der Waals surface area contributed by atoms with Crippen LogP contribution in [0.2, 0.25) is 0 Å². The van der Waals surface area contributed by atoms with E-state index in [0.717, 1.165) is 29.7 Å². The maximum Gasteiger partial charge on any atom is 0.261 e. The first-order valence-corrected chi connectivity index (χ1v) is 12.8. The molecule has 2 atom stereocenters. The second-order valence-corrected chi connectivity index (χ2v) is 9.82. The third-order valence-corrected chi connectivity index (χ3v) is 7.71. The molecule has 0 saturated heterocycles. The number of carbonyl (C=O) groups is 4. The molecule has 2 heterocycles. The molecule has 6 rings (SSSR count). The average molecular weight is 494 g/mol. The van der Waals surface area contributed by atoms with Crippen LogP contribution in [0.3, 0.4) is 0 Å². The summed E-state index contributed by atoms with van der Waals surface area (Å²) in [7, 11) is 0. The van der Waals surface area contributed by atoms with Crippen LogP contribution in [-0.4, -0.2) is 41.1 Å². The number of amides is 4. The monoisotopic (exact) mass is 493 g/mol. The van der Waals surface area contributed by atoms with Gasteiger partial charge in [-0.2, -0.15) is 0 Å². The van der Waals surface area contributed by atoms with Crippen LogP contribution in [-0.2, 0) is 16.1 Å². The second kappa shape index (κ2) is 9.32. The fourth-order valence-corrected chi connectivity index (χ4v) is 5.95. The summed E-state index contributed by atoms with van der Waals surface area (Å²) >= 11 is 0. The second-order valence-electron chi connectivity index (χ2n) is 9.82. The van der Waals surface area contributed by atoms with Crippen molar-refractivity contribution in [2.24, 2.45) is 5.92 Å². The zero-order valence-electron chi connectivity index (χ0n) is 20.4. The van der Waals surface area contributed by atoms with Crippen molar-refractivity contribution in [3.63, 3.8) is 0 Å². The summed E-state index contributed by atoms with van der Waals surface area (Å²) < 4.78 is 0. The van der Waals surface area contributed by atoms with Gasteiger partial charge in [0.25, 0.3) is 11.8 Å². The molecule has 1 aliphatic carbocycles. The van der Waals surface area contributed by atoms with Gasteiger partial charge in [-0.25, -0.2) is 0 Å². The predicted molar refractivity (Wildman–Crippen MR) is 139 cm³/mol. The molecular weight excluding hydrogens is 466 g/mol. The van der Waals surface area contributed by atoms with Gasteiger partial charge in [0.05, 0.1) is 35.0 Å². The molecule has 0 radical (unpaired) electrons. The molecule has 3 aromatic carbocycles. The van der Waals surface area contributed by atoms with Crippen LogP contribution < -0.4 is 9.80 Å². The third-order valence-electron chi connectivity index (χ3n) is 7.71. The summed E-state index contributed by atoms with van der Waals surface area (Å²) in [4.78, 5) is 58.0. The molecule has 1 saturated carbocycles. The van der Waals surface area contributed by atoms with E-state index in [4.69, 9.17) is 0 Å². The molecule has 2 aliphatic heterocycles. The number of imide groups is 1. The van der Waals surface area contributed by atoms with Crippen molar-refractivity contribution in [2.45, 2.75) is 38.3 Å². The zero-order chi connectivity index (χ0) is 25.5. The van der Waals surface area contributed by atoms with Crippen LogP contribution in [0.4, 0.5) is 11.4 Å². The molecule has 0 aromatic heterocycles. The molecule has 186 valence electrons. The van der Waals surface area contributed by atoms with Crippen LogP contribution >= 0.6 is 0 Å². The van der Waals surface area contributed by atoms with E-state index in [9.17, 15) is 19.2 Å². The number of anilines is 2. The van der Waals surface area contributed by atoms with E-state index in [-0.39, 0.29) is 48.6 Å². The molecule has 0 bridgehead atoms. The number of hydrogen-bond acceptors (Lipinski definition) is 4. The first-order valence-electron chi connectivity index (χ1n) is 12.8. The van der Waals surface area contributed by atoms with E-state index in [1.165, 1.54) is 0 Å². The normalized spacial score (nSPS) is 20.5. The average Bonchev–Trinajstić information content (AvgIpc) is 3.47. The van der Waals surface area contributed by atoms with Crippen molar-refractivity contribution in [2.75, 3.05) is 16.3 Å². The third kappa shape index (κ3) is 3.91. The molecule has 7 nitrogen and oxygen atoms in total. The summed E-state index contributed by atoms with van der Waals surface area (Å²) in [5.41, 5.74) is 3.18. The number of benzene rings is 3. The number of hydrogen-bond donors (Lipinski definition) is 0. The maximum atomic E-state index is 13.8. The van der Waals surface area contributed by atoms with Crippen molar-refractivity contribution >= 4 is 35.0 Å². The predicted octanol–water partition coefficient (Wildman–Crippen LogP) is 4.42. The van der Waals surface area contributed by atoms with Gasteiger partial charge in [0.1, 0.15) is 0 Å². The fourth-order valence-electron chi connectivity index (χ4n) is 5.95. The lowest BCUT2D eigenvalue weighted by Gasteiger charge is -2.31. The number of nitrogens with zero attached hydrogens (tertiary/aromatic N) is 3. The van der Waals surface area contributed by atoms with Crippen LogP contribution in [0.25, 0.3) is 0 Å². The summed E-state index contributed by atoms with van der Waals surface area (Å²) in [5, 5.41) is 0. The highest BCUT2D eigenvalue weighted by atomic mass is 16.2. The van der Waals surface area contributed by atoms with Crippen LogP contribution in [0, 0.1) is 5.92 Å². The highest BCUT2D eigenvalue weighted by Crippen LogP contribution is 2.43. The van der Waals surface area contributed by atoms with Gasteiger partial charge in [0, 0.05) is 19.0 Å². The van der Waals surface area contributed by atoms with Crippen molar-refractivity contribution in [1.29, 1.82) is 0 Å². The van der Waals surface area contributed by atoms with E-state index in [1.807, 2.05) is 59.5 Å². The van der Waals surface area contributed by atoms with E-state index in [1.54, 1.807) is 29.2 Å². The van der Waals surface area contributed by atoms with Crippen LogP contribution in [0.5, 0.6) is 0 Å². The van der Waals surface area contributed by atoms with E-state index >= 15 is 0 Å². The van der Waals surface area contributed by atoms with Gasteiger partial charge in [-0.15, -0.1) is 0 Å². The van der Waals surface area contributed by atoms with E-state index < -0.39 is 0 Å². The molecule has 0 N–H and O–H groups in total. The van der Waals surface area contributed by atoms with Crippen molar-refractivity contribution in [3.05, 3.63) is 95.6 Å². The van der Waals surface area contributed by atoms with Gasteiger partial charge >= 0.3 is 0 Å². The standard InChI is InChI=1S/C30H27N3O4/c34-27(17-18-31-28(35)21-11-4-5-12-22(21)29(31)36)33-24-16-8-13-23(24)30(37)32(19-20-9-2-1-3-10-20)25-14-6-7-15-26(25)33/h1-7,9-12,14-15,23-24H,8,13,16-19H2. The minimum atomic E-state index is -0.368. The summed E-state index contributed by atoms with van der Waals surface area (Å²) in [6.07, 6.45) is 2.33. The Morgan fingerprint density at radius 2 is 1.35 bits per heavy atom. The van der Waals surface area contributed by atoms with Gasteiger partial charge in [-0.3, -0.25) is 24.1 Å². The van der Waals surface area contributed by atoms with Gasteiger partial charge in [-0.1, -0.05) is 61.0 Å². The Morgan fingerprint density at radius 3 is 2.05 bits per heavy atom. The number of fused-ring (bicyclic) bond motifs is 3. The van der Waals surface area contributed by atoms with Crippen LogP contribution in [0.1, 0.15) is 52.0 Å². The minimum absolute atomic E-state index is 0.00289. The lowest BCUT2D eigenvalue weighted by Crippen LogP contribution is -2.46. The van der Waals surface area contributed by atoms with Crippen molar-refractivity contribution in [3.8, 4) is 0 Å². The zero-order valence-corrected chi connectivity index (χ0v) is 20.4. The maximum absolute atomic E-state index is 13.8. The lowest BCUT2D eigenvalue weighted by atomic mass is 10.00. The molecular formula is C30H27N3O4. The van der Waals surface area contributed by atoms with E-state index in [0.29, 0.717) is 29.0 Å². The Hall–Kier alpha value is -4.26. The first kappa shape index (κ1) is 23.2. The molecule has 3 aromatic rings. The van der Waals surface area contributed by atoms with Crippen molar-refractivity contribution < 1.29 is 19.2 Å². The number of para-hydroxylation sites is 2. The number of rotatable bonds is 5. The van der Waals surface area contributed by atoms with Gasteiger partial charge < -0.3 is 9.80 Å². The van der Waals surface area contributed by atoms with Gasteiger partial charge in [0.15, 0.2) is 0 Å². The smallest absolute Gasteiger partial charge is 0.261 e. The Balaban J connectivity index is 1.30. The first-order chi connectivity index (χ1) is 18.0. The van der Waals surface area contributed by atoms with E-state index in [2.05, 4.69) is 0 Å². The Bertz CT molecular complexity index is 1370. The van der Waals surface area contributed by atoms with Crippen LogP contribution in [0.15, 0.2) is 78.9 Å². The quantitative estimate of drug-likeness (QED) is 0.493. The summed E-state index contributed by atoms with van der Waals surface area (Å²) in [6.45, 7) is 0.430. The van der Waals surface area contributed by atoms with Gasteiger partial charge in [-0.05, 0) is 42.7 Å². The highest BCUT2D eigenvalue weighted by Gasteiger charge is 2.45. The number of carbonyl (C=O) groups excluding carboxylic acids is 4. The summed E-state index contributed by atoms with van der Waals surface area (Å²) in [5.74, 6) is -1.18. The molecule has 2 unspecified atom stereocenters. The topological polar surface area (TPSA) is 78.0 Å². The Labute approximate surface area is 215 Å². The molecule has 7 heteroatoms. The Kier molecular flexibility index (Phi) is 5.83. The largest absolute Gasteiger partial charge is 0.306 e. The van der Waals surface area contributed by atoms with Crippen molar-refractivity contribution in [1.82, 2.24) is 4.90 Å². The molecule has 0 spiro atoms. The van der Waals surface area contributed by atoms with Gasteiger partial charge in [0.2, 0.25) is 11.8 Å². The summed E-state index contributed by atoms with van der Waals surface area (Å²) in [6, 6.07) is 23.9. The molecule has 3 aliphatic rings. The Morgan fingerprint density at radius 1 is 0.730 bits per heavy atom. The molecule has 4 amide bonds. The molecule has 1 fully saturated rings. The minimum Gasteiger partial charge on any atom is -0.306 e.